The Morgan fingerprint density at radius 1 is 1.02 bits per heavy atom. The normalized spacial score (nSPS) is 20.8. The largest absolute Gasteiger partial charge is 0.479 e. The second-order valence-electron chi connectivity index (χ2n) is 17.4. The molecule has 15 nitrogen and oxygen atoms in total. The number of imide groups is 1. The van der Waals surface area contributed by atoms with Gasteiger partial charge in [-0.3, -0.25) is 19.6 Å². The van der Waals surface area contributed by atoms with Gasteiger partial charge in [-0.15, -0.1) is 11.3 Å². The molecule has 3 aliphatic rings. The molecule has 0 aliphatic carbocycles. The first-order valence-electron chi connectivity index (χ1n) is 21.4. The van der Waals surface area contributed by atoms with E-state index >= 15 is 8.78 Å². The van der Waals surface area contributed by atoms with Crippen LogP contribution in [0.4, 0.5) is 25.0 Å². The number of rotatable bonds is 13. The highest BCUT2D eigenvalue weighted by molar-refractivity contribution is 7.96. The summed E-state index contributed by atoms with van der Waals surface area (Å²) in [5.74, 6) is -7.78. The van der Waals surface area contributed by atoms with Crippen molar-refractivity contribution in [1.82, 2.24) is 24.3 Å². The summed E-state index contributed by atoms with van der Waals surface area (Å²) < 4.78 is 41.0. The fourth-order valence-electron chi connectivity index (χ4n) is 9.06. The number of nitrogens with zero attached hydrogens (tertiary/aromatic N) is 4. The number of carbonyl (C=O) groups excluding carboxylic acids is 3. The molecule has 8 rings (SSSR count). The second-order valence-corrected chi connectivity index (χ2v) is 19.8. The van der Waals surface area contributed by atoms with E-state index in [1.165, 1.54) is 0 Å². The number of aryl methyl sites for hydroxylation is 1. The fraction of sp³-hybridized carbons (Fsp3) is 0.391. The number of halogens is 3. The first-order chi connectivity index (χ1) is 31.4. The van der Waals surface area contributed by atoms with E-state index in [0.29, 0.717) is 50.5 Å². The smallest absolute Gasteiger partial charge is 0.349 e. The standard InChI is InChI=1S/C46H48ClF2N7O8S2/c1-45(2)21-30(50-29-9-5-7-27(19-29)40-37(47)39(64-22-36(58)59)41(66-40)43(61)62)14-17-56(45)65-23-25-6-4-8-28(18-25)51-44(63)55-16-15-33(46(48,49)24-55)26-10-11-31-34(20-26)54(3)53-38(31)32-12-13-35(57)52-42(32)60/h4-11,18-20,30,32-33,50H,12-17,21-24H2,1-3H3,(H,51,63)(H,58,59)(H,61,62)(H,52,57,60). The number of carboxylic acids is 2. The zero-order chi connectivity index (χ0) is 47.1. The van der Waals surface area contributed by atoms with E-state index in [4.69, 9.17) is 21.4 Å². The minimum Gasteiger partial charge on any atom is -0.479 e. The van der Waals surface area contributed by atoms with Gasteiger partial charge in [-0.05, 0) is 86.6 Å². The minimum atomic E-state index is -3.22. The maximum absolute atomic E-state index is 15.9. The van der Waals surface area contributed by atoms with E-state index in [1.54, 1.807) is 54.0 Å². The summed E-state index contributed by atoms with van der Waals surface area (Å²) in [7, 11) is 1.70. The van der Waals surface area contributed by atoms with Gasteiger partial charge in [0, 0.05) is 60.7 Å². The van der Waals surface area contributed by atoms with Crippen molar-refractivity contribution in [2.75, 3.05) is 36.9 Å². The average molecular weight is 965 g/mol. The lowest BCUT2D eigenvalue weighted by Gasteiger charge is -2.45. The lowest BCUT2D eigenvalue weighted by atomic mass is 9.85. The van der Waals surface area contributed by atoms with Crippen molar-refractivity contribution in [3.8, 4) is 16.2 Å². The van der Waals surface area contributed by atoms with Crippen LogP contribution in [0.15, 0.2) is 66.7 Å². The Bertz CT molecular complexity index is 2730. The van der Waals surface area contributed by atoms with Gasteiger partial charge in [0.25, 0.3) is 5.92 Å². The predicted octanol–water partition coefficient (Wildman–Crippen LogP) is 8.80. The van der Waals surface area contributed by atoms with Crippen LogP contribution in [0.2, 0.25) is 5.02 Å². The van der Waals surface area contributed by atoms with E-state index in [1.807, 2.05) is 36.4 Å². The Balaban J connectivity index is 0.843. The van der Waals surface area contributed by atoms with Crippen LogP contribution < -0.4 is 20.7 Å². The van der Waals surface area contributed by atoms with E-state index in [9.17, 15) is 29.1 Å². The van der Waals surface area contributed by atoms with Gasteiger partial charge in [-0.1, -0.05) is 59.9 Å². The fourth-order valence-corrected chi connectivity index (χ4v) is 11.6. The number of likely N-dealkylation sites (tertiary alicyclic amines) is 1. The summed E-state index contributed by atoms with van der Waals surface area (Å²) in [6, 6.07) is 19.4. The molecule has 2 aromatic heterocycles. The summed E-state index contributed by atoms with van der Waals surface area (Å²) in [6.07, 6.45) is 2.21. The molecule has 3 atom stereocenters. The predicted molar refractivity (Wildman–Crippen MR) is 249 cm³/mol. The highest BCUT2D eigenvalue weighted by Gasteiger charge is 2.47. The van der Waals surface area contributed by atoms with Gasteiger partial charge >= 0.3 is 18.0 Å². The summed E-state index contributed by atoms with van der Waals surface area (Å²) in [6.45, 7) is 3.77. The van der Waals surface area contributed by atoms with Gasteiger partial charge in [0.1, 0.15) is 5.02 Å². The lowest BCUT2D eigenvalue weighted by molar-refractivity contribution is -0.139. The van der Waals surface area contributed by atoms with Gasteiger partial charge in [0.15, 0.2) is 17.2 Å². The quantitative estimate of drug-likeness (QED) is 0.0557. The molecular weight excluding hydrogens is 916 g/mol. The average Bonchev–Trinajstić information content (AvgIpc) is 3.77. The van der Waals surface area contributed by atoms with Crippen molar-refractivity contribution in [3.05, 3.63) is 93.5 Å². The minimum absolute atomic E-state index is 0.0408. The molecule has 20 heteroatoms. The van der Waals surface area contributed by atoms with Gasteiger partial charge < -0.3 is 30.5 Å². The molecule has 348 valence electrons. The number of fused-ring (bicyclic) bond motifs is 1. The monoisotopic (exact) mass is 963 g/mol. The number of benzene rings is 3. The molecule has 3 unspecified atom stereocenters. The molecule has 0 saturated carbocycles. The lowest BCUT2D eigenvalue weighted by Crippen LogP contribution is -2.51. The number of piperidine rings is 3. The Hall–Kier alpha value is -5.76. The van der Waals surface area contributed by atoms with E-state index < -0.39 is 54.8 Å². The van der Waals surface area contributed by atoms with Crippen LogP contribution >= 0.6 is 34.9 Å². The molecular formula is C46H48ClF2N7O8S2. The molecule has 0 spiro atoms. The molecule has 0 bridgehead atoms. The van der Waals surface area contributed by atoms with Gasteiger partial charge in [-0.25, -0.2) is 27.5 Å². The Kier molecular flexibility index (Phi) is 13.4. The number of nitrogens with one attached hydrogen (secondary N) is 3. The molecule has 5 heterocycles. The number of carbonyl (C=O) groups is 5. The first kappa shape index (κ1) is 46.8. The van der Waals surface area contributed by atoms with Crippen LogP contribution in [-0.4, -0.2) is 103 Å². The number of carboxylic acid groups (broad SMARTS) is 2. The summed E-state index contributed by atoms with van der Waals surface area (Å²) in [5, 5.41) is 32.8. The van der Waals surface area contributed by atoms with Crippen molar-refractivity contribution >= 4 is 86.9 Å². The first-order valence-corrected chi connectivity index (χ1v) is 23.5. The number of urea groups is 1. The van der Waals surface area contributed by atoms with Crippen LogP contribution in [0.1, 0.15) is 84.3 Å². The summed E-state index contributed by atoms with van der Waals surface area (Å²) in [5.41, 5.74) is 4.27. The number of alkyl halides is 2. The molecule has 66 heavy (non-hydrogen) atoms. The van der Waals surface area contributed by atoms with Crippen molar-refractivity contribution in [3.63, 3.8) is 0 Å². The number of hydrogen-bond donors (Lipinski definition) is 5. The Morgan fingerprint density at radius 3 is 2.52 bits per heavy atom. The van der Waals surface area contributed by atoms with E-state index in [2.05, 4.69) is 39.2 Å². The summed E-state index contributed by atoms with van der Waals surface area (Å²) >= 11 is 9.13. The van der Waals surface area contributed by atoms with Crippen LogP contribution in [0.3, 0.4) is 0 Å². The molecule has 5 N–H and O–H groups in total. The molecule has 3 saturated heterocycles. The molecule has 3 aliphatic heterocycles. The third-order valence-corrected chi connectivity index (χ3v) is 15.4. The maximum atomic E-state index is 15.9. The second kappa shape index (κ2) is 18.9. The zero-order valence-electron chi connectivity index (χ0n) is 36.2. The van der Waals surface area contributed by atoms with Crippen molar-refractivity contribution in [2.45, 2.75) is 81.0 Å². The topological polar surface area (TPSA) is 195 Å². The Labute approximate surface area is 391 Å². The van der Waals surface area contributed by atoms with Gasteiger partial charge in [-0.2, -0.15) is 5.10 Å². The number of anilines is 2. The maximum Gasteiger partial charge on any atom is 0.349 e. The molecule has 3 aromatic carbocycles. The summed E-state index contributed by atoms with van der Waals surface area (Å²) in [4.78, 5) is 62.1. The van der Waals surface area contributed by atoms with Crippen LogP contribution in [0.25, 0.3) is 21.3 Å². The van der Waals surface area contributed by atoms with E-state index in [-0.39, 0.29) is 52.5 Å². The van der Waals surface area contributed by atoms with Crippen LogP contribution in [0, 0.1) is 0 Å². The molecule has 0 radical (unpaired) electrons. The molecule has 4 amide bonds. The molecule has 5 aromatic rings. The van der Waals surface area contributed by atoms with Crippen molar-refractivity contribution in [2.24, 2.45) is 7.05 Å². The number of aliphatic carboxylic acids is 1. The SMILES string of the molecule is Cn1nc(C2CCC(=O)NC2=O)c2ccc(C3CCN(C(=O)Nc4cccc(CSN5CCC(Nc6cccc(-c7sc(C(=O)O)c(OCC(=O)O)c7Cl)c6)CC5(C)C)c4)CC3(F)F)cc21. The third kappa shape index (κ3) is 9.99. The van der Waals surface area contributed by atoms with Crippen molar-refractivity contribution < 1.29 is 47.7 Å². The number of hydrogen-bond acceptors (Lipinski definition) is 11. The van der Waals surface area contributed by atoms with Crippen molar-refractivity contribution in [1.29, 1.82) is 0 Å². The zero-order valence-corrected chi connectivity index (χ0v) is 38.6. The van der Waals surface area contributed by atoms with Crippen LogP contribution in [-0.2, 0) is 27.2 Å². The number of ether oxygens (including phenoxy) is 1. The number of aromatic nitrogens is 2. The number of thiophene rings is 1. The van der Waals surface area contributed by atoms with E-state index in [0.717, 1.165) is 46.9 Å². The highest BCUT2D eigenvalue weighted by atomic mass is 35.5. The third-order valence-electron chi connectivity index (χ3n) is 12.3. The Morgan fingerprint density at radius 2 is 1.79 bits per heavy atom. The van der Waals surface area contributed by atoms with Gasteiger partial charge in [0.2, 0.25) is 11.8 Å². The van der Waals surface area contributed by atoms with Crippen LogP contribution in [0.5, 0.6) is 5.75 Å². The highest BCUT2D eigenvalue weighted by Crippen LogP contribution is 2.47. The number of aromatic carboxylic acids is 1. The van der Waals surface area contributed by atoms with Gasteiger partial charge in [0.05, 0.1) is 34.5 Å². The number of amides is 4. The molecule has 3 fully saturated rings.